The molecule has 10 heteroatoms. The molecule has 8 nitrogen and oxygen atoms in total. The molecule has 3 N–H and O–H groups in total. The quantitative estimate of drug-likeness (QED) is 0.474. The number of aliphatic hydroxyl groups excluding tert-OH is 1. The zero-order valence-electron chi connectivity index (χ0n) is 15.5. The monoisotopic (exact) mass is 412 g/mol. The number of nitrogens with one attached hydrogen (secondary N) is 2. The first-order valence-corrected chi connectivity index (χ1v) is 10.1. The Morgan fingerprint density at radius 1 is 1.48 bits per heavy atom. The highest BCUT2D eigenvalue weighted by Gasteiger charge is 2.17. The van der Waals surface area contributed by atoms with Crippen LogP contribution in [0.5, 0.6) is 0 Å². The van der Waals surface area contributed by atoms with Crippen molar-refractivity contribution in [1.29, 1.82) is 0 Å². The molecule has 0 radical (unpaired) electrons. The molecule has 1 fully saturated rings. The van der Waals surface area contributed by atoms with Gasteiger partial charge in [-0.1, -0.05) is 11.6 Å². The van der Waals surface area contributed by atoms with Gasteiger partial charge in [-0.3, -0.25) is 0 Å². The molecule has 0 aliphatic carbocycles. The van der Waals surface area contributed by atoms with E-state index in [1.165, 1.54) is 11.3 Å². The lowest BCUT2D eigenvalue weighted by Crippen LogP contribution is -2.42. The number of nitrogens with zero attached hydrogens (tertiary/aromatic N) is 4. The number of aliphatic imine (C=N–C) groups is 1. The summed E-state index contributed by atoms with van der Waals surface area (Å²) in [4.78, 5) is 5.40. The van der Waals surface area contributed by atoms with Gasteiger partial charge in [0.1, 0.15) is 18.5 Å². The lowest BCUT2D eigenvalue weighted by atomic mass is 10.2. The van der Waals surface area contributed by atoms with Crippen LogP contribution in [-0.2, 0) is 18.3 Å². The van der Waals surface area contributed by atoms with Crippen molar-refractivity contribution >= 4 is 28.9 Å². The fourth-order valence-electron chi connectivity index (χ4n) is 2.73. The molecule has 2 aromatic rings. The van der Waals surface area contributed by atoms with Crippen LogP contribution in [0.1, 0.15) is 35.5 Å². The Balaban J connectivity index is 1.60. The lowest BCUT2D eigenvalue weighted by Gasteiger charge is -2.17. The smallest absolute Gasteiger partial charge is 0.191 e. The van der Waals surface area contributed by atoms with E-state index >= 15 is 0 Å². The van der Waals surface area contributed by atoms with Gasteiger partial charge in [-0.15, -0.1) is 21.5 Å². The van der Waals surface area contributed by atoms with Crippen molar-refractivity contribution in [2.75, 3.05) is 19.7 Å². The van der Waals surface area contributed by atoms with E-state index in [2.05, 4.69) is 25.8 Å². The van der Waals surface area contributed by atoms with Gasteiger partial charge in [-0.25, -0.2) is 4.99 Å². The summed E-state index contributed by atoms with van der Waals surface area (Å²) in [6.07, 6.45) is 1.66. The largest absolute Gasteiger partial charge is 0.386 e. The highest BCUT2D eigenvalue weighted by molar-refractivity contribution is 7.16. The van der Waals surface area contributed by atoms with Crippen molar-refractivity contribution in [3.63, 3.8) is 0 Å². The molecule has 2 atom stereocenters. The second-order valence-corrected chi connectivity index (χ2v) is 8.19. The highest BCUT2D eigenvalue weighted by atomic mass is 35.5. The van der Waals surface area contributed by atoms with E-state index in [-0.39, 0.29) is 6.10 Å². The van der Waals surface area contributed by atoms with Crippen LogP contribution >= 0.6 is 22.9 Å². The van der Waals surface area contributed by atoms with Crippen LogP contribution in [-0.4, -0.2) is 51.6 Å². The van der Waals surface area contributed by atoms with E-state index in [9.17, 15) is 5.11 Å². The van der Waals surface area contributed by atoms with E-state index in [1.54, 1.807) is 6.07 Å². The van der Waals surface area contributed by atoms with Crippen LogP contribution < -0.4 is 10.6 Å². The summed E-state index contributed by atoms with van der Waals surface area (Å²) < 4.78 is 8.22. The van der Waals surface area contributed by atoms with Gasteiger partial charge < -0.3 is 25.0 Å². The molecule has 1 aliphatic rings. The number of halogens is 1. The number of aliphatic hydroxyl groups is 1. The summed E-state index contributed by atoms with van der Waals surface area (Å²) in [5, 5.41) is 25.0. The molecule has 2 unspecified atom stereocenters. The number of hydrogen-bond donors (Lipinski definition) is 3. The van der Waals surface area contributed by atoms with Crippen molar-refractivity contribution in [3.8, 4) is 0 Å². The van der Waals surface area contributed by atoms with Crippen LogP contribution in [0.2, 0.25) is 4.34 Å². The van der Waals surface area contributed by atoms with Crippen LogP contribution in [0.25, 0.3) is 0 Å². The summed E-state index contributed by atoms with van der Waals surface area (Å²) in [5.41, 5.74) is 0. The van der Waals surface area contributed by atoms with E-state index in [0.29, 0.717) is 29.9 Å². The number of rotatable bonds is 7. The van der Waals surface area contributed by atoms with Crippen LogP contribution in [0.4, 0.5) is 0 Å². The van der Waals surface area contributed by atoms with Crippen molar-refractivity contribution in [3.05, 3.63) is 33.0 Å². The molecule has 1 saturated heterocycles. The van der Waals surface area contributed by atoms with E-state index < -0.39 is 6.10 Å². The van der Waals surface area contributed by atoms with E-state index in [4.69, 9.17) is 16.3 Å². The number of aromatic nitrogens is 3. The summed E-state index contributed by atoms with van der Waals surface area (Å²) in [6.45, 7) is 4.09. The van der Waals surface area contributed by atoms with E-state index in [1.807, 2.05) is 24.6 Å². The van der Waals surface area contributed by atoms with Crippen molar-refractivity contribution in [2.45, 2.75) is 38.5 Å². The third-order valence-electron chi connectivity index (χ3n) is 4.47. The zero-order chi connectivity index (χ0) is 19.2. The first-order chi connectivity index (χ1) is 13.0. The Hall–Kier alpha value is -1.68. The summed E-state index contributed by atoms with van der Waals surface area (Å²) in [6, 6.07) is 3.62. The summed E-state index contributed by atoms with van der Waals surface area (Å²) >= 11 is 7.32. The van der Waals surface area contributed by atoms with Crippen molar-refractivity contribution in [2.24, 2.45) is 12.0 Å². The molecule has 0 spiro atoms. The maximum absolute atomic E-state index is 10.4. The van der Waals surface area contributed by atoms with E-state index in [0.717, 1.165) is 36.0 Å². The molecule has 0 bridgehead atoms. The average molecular weight is 413 g/mol. The molecule has 148 valence electrons. The second-order valence-electron chi connectivity index (χ2n) is 6.44. The fourth-order valence-corrected chi connectivity index (χ4v) is 3.78. The predicted molar refractivity (Wildman–Crippen MR) is 106 cm³/mol. The SMILES string of the molecule is Cc1nnc(CN=C(NCC2CCCO2)NCC(O)c2ccc(Cl)s2)n1C. The molecule has 2 aromatic heterocycles. The van der Waals surface area contributed by atoms with Crippen LogP contribution in [0, 0.1) is 6.92 Å². The Morgan fingerprint density at radius 3 is 2.96 bits per heavy atom. The van der Waals surface area contributed by atoms with Gasteiger partial charge in [-0.05, 0) is 31.9 Å². The molecule has 3 heterocycles. The van der Waals surface area contributed by atoms with Gasteiger partial charge in [0.25, 0.3) is 0 Å². The van der Waals surface area contributed by atoms with Gasteiger partial charge in [0.15, 0.2) is 11.8 Å². The maximum Gasteiger partial charge on any atom is 0.191 e. The second kappa shape index (κ2) is 9.50. The average Bonchev–Trinajstić information content (AvgIpc) is 3.39. The predicted octanol–water partition coefficient (Wildman–Crippen LogP) is 1.79. The standard InChI is InChI=1S/C17H25ClN6O2S/c1-11-22-23-16(24(11)2)10-21-17(19-8-12-4-3-7-26-12)20-9-13(25)14-5-6-15(18)27-14/h5-6,12-13,25H,3-4,7-10H2,1-2H3,(H2,19,20,21). The first kappa shape index (κ1) is 20.1. The van der Waals surface area contributed by atoms with Gasteiger partial charge >= 0.3 is 0 Å². The molecule has 0 saturated carbocycles. The fraction of sp³-hybridized carbons (Fsp3) is 0.588. The number of aryl methyl sites for hydroxylation is 1. The number of thiophene rings is 1. The molecule has 27 heavy (non-hydrogen) atoms. The van der Waals surface area contributed by atoms with Crippen molar-refractivity contribution in [1.82, 2.24) is 25.4 Å². The number of guanidine groups is 1. The normalized spacial score (nSPS) is 18.7. The molecule has 0 aromatic carbocycles. The molecule has 0 amide bonds. The van der Waals surface area contributed by atoms with Crippen molar-refractivity contribution < 1.29 is 9.84 Å². The topological polar surface area (TPSA) is 96.6 Å². The molecular formula is C17H25ClN6O2S. The minimum atomic E-state index is -0.658. The summed E-state index contributed by atoms with van der Waals surface area (Å²) in [7, 11) is 1.91. The Morgan fingerprint density at radius 2 is 2.33 bits per heavy atom. The maximum atomic E-state index is 10.4. The van der Waals surface area contributed by atoms with Gasteiger partial charge in [0, 0.05) is 31.6 Å². The number of ether oxygens (including phenoxy) is 1. The molecular weight excluding hydrogens is 388 g/mol. The third kappa shape index (κ3) is 5.65. The Labute approximate surface area is 167 Å². The van der Waals surface area contributed by atoms with Crippen LogP contribution in [0.15, 0.2) is 17.1 Å². The Kier molecular flexibility index (Phi) is 7.06. The van der Waals surface area contributed by atoms with Gasteiger partial charge in [0.05, 0.1) is 10.4 Å². The lowest BCUT2D eigenvalue weighted by molar-refractivity contribution is 0.113. The van der Waals surface area contributed by atoms with Gasteiger partial charge in [-0.2, -0.15) is 0 Å². The molecule has 3 rings (SSSR count). The summed E-state index contributed by atoms with van der Waals surface area (Å²) in [5.74, 6) is 2.22. The zero-order valence-corrected chi connectivity index (χ0v) is 17.1. The van der Waals surface area contributed by atoms with Gasteiger partial charge in [0.2, 0.25) is 0 Å². The third-order valence-corrected chi connectivity index (χ3v) is 5.80. The highest BCUT2D eigenvalue weighted by Crippen LogP contribution is 2.26. The minimum Gasteiger partial charge on any atom is -0.386 e. The molecule has 1 aliphatic heterocycles. The van der Waals surface area contributed by atoms with Crippen LogP contribution in [0.3, 0.4) is 0 Å². The minimum absolute atomic E-state index is 0.190. The first-order valence-electron chi connectivity index (χ1n) is 8.95. The Bertz CT molecular complexity index is 771. The number of hydrogen-bond acceptors (Lipinski definition) is 6.